The average Bonchev–Trinajstić information content (AvgIpc) is 3.34. The molecule has 0 spiro atoms. The fraction of sp³-hybridized carbons (Fsp3) is 0.409. The van der Waals surface area contributed by atoms with Crippen LogP contribution < -0.4 is 0 Å². The highest BCUT2D eigenvalue weighted by Gasteiger charge is 2.35. The Bertz CT molecular complexity index is 1090. The van der Waals surface area contributed by atoms with Gasteiger partial charge in [0.1, 0.15) is 5.76 Å². The standard InChI is InChI=1S/C22H26N2O8S/c1-23(14-17-6-5-13-31-17)20(25)15-32-21(26)16-9-11-24(12-10-16)33(28,29)19-8-4-3-7-18(19)22(27)30-2/h3-8,13,16H,9-12,14-15H2,1-2H3. The maximum Gasteiger partial charge on any atom is 0.339 e. The molecular formula is C22H26N2O8S. The Balaban J connectivity index is 1.53. The van der Waals surface area contributed by atoms with E-state index in [0.717, 1.165) is 0 Å². The number of esters is 2. The van der Waals surface area contributed by atoms with Crippen molar-refractivity contribution in [2.45, 2.75) is 24.3 Å². The SMILES string of the molecule is COC(=O)c1ccccc1S(=O)(=O)N1CCC(C(=O)OCC(=O)N(C)Cc2ccco2)CC1. The fourth-order valence-electron chi connectivity index (χ4n) is 3.53. The molecule has 33 heavy (non-hydrogen) atoms. The van der Waals surface area contributed by atoms with Crippen LogP contribution in [0.2, 0.25) is 0 Å². The molecular weight excluding hydrogens is 452 g/mol. The van der Waals surface area contributed by atoms with Gasteiger partial charge in [0.15, 0.2) is 6.61 Å². The number of rotatable bonds is 8. The lowest BCUT2D eigenvalue weighted by atomic mass is 9.98. The minimum absolute atomic E-state index is 0.0429. The average molecular weight is 479 g/mol. The quantitative estimate of drug-likeness (QED) is 0.525. The molecule has 1 aliphatic heterocycles. The van der Waals surface area contributed by atoms with E-state index in [1.165, 1.54) is 40.8 Å². The molecule has 2 aromatic rings. The van der Waals surface area contributed by atoms with Crippen LogP contribution in [0, 0.1) is 5.92 Å². The molecule has 178 valence electrons. The maximum atomic E-state index is 13.1. The number of carbonyl (C=O) groups is 3. The molecule has 2 heterocycles. The number of hydrogen-bond acceptors (Lipinski definition) is 8. The van der Waals surface area contributed by atoms with Crippen LogP contribution in [0.15, 0.2) is 52.0 Å². The minimum Gasteiger partial charge on any atom is -0.467 e. The van der Waals surface area contributed by atoms with Gasteiger partial charge >= 0.3 is 11.9 Å². The lowest BCUT2D eigenvalue weighted by molar-refractivity contribution is -0.156. The van der Waals surface area contributed by atoms with E-state index in [2.05, 4.69) is 4.74 Å². The Labute approximate surface area is 192 Å². The van der Waals surface area contributed by atoms with E-state index in [1.54, 1.807) is 25.2 Å². The molecule has 10 nitrogen and oxygen atoms in total. The van der Waals surface area contributed by atoms with Crippen LogP contribution >= 0.6 is 0 Å². The van der Waals surface area contributed by atoms with Crippen molar-refractivity contribution in [3.05, 3.63) is 54.0 Å². The van der Waals surface area contributed by atoms with Gasteiger partial charge < -0.3 is 18.8 Å². The van der Waals surface area contributed by atoms with Crippen molar-refractivity contribution in [1.29, 1.82) is 0 Å². The van der Waals surface area contributed by atoms with E-state index in [-0.39, 0.29) is 48.8 Å². The van der Waals surface area contributed by atoms with Crippen molar-refractivity contribution in [3.8, 4) is 0 Å². The highest BCUT2D eigenvalue weighted by molar-refractivity contribution is 7.89. The number of carbonyl (C=O) groups excluding carboxylic acids is 3. The van der Waals surface area contributed by atoms with Crippen LogP contribution in [0.4, 0.5) is 0 Å². The molecule has 0 N–H and O–H groups in total. The molecule has 0 aliphatic carbocycles. The number of amides is 1. The van der Waals surface area contributed by atoms with Crippen molar-refractivity contribution < 1.29 is 36.7 Å². The summed E-state index contributed by atoms with van der Waals surface area (Å²) in [5, 5.41) is 0. The molecule has 1 aromatic heterocycles. The second-order valence-corrected chi connectivity index (χ2v) is 9.51. The number of likely N-dealkylation sites (N-methyl/N-ethyl adjacent to an activating group) is 1. The summed E-state index contributed by atoms with van der Waals surface area (Å²) in [6.45, 7) is 0.0294. The van der Waals surface area contributed by atoms with Crippen LogP contribution in [-0.2, 0) is 35.6 Å². The van der Waals surface area contributed by atoms with Crippen LogP contribution in [-0.4, -0.2) is 69.3 Å². The summed E-state index contributed by atoms with van der Waals surface area (Å²) in [4.78, 5) is 37.8. The molecule has 1 amide bonds. The van der Waals surface area contributed by atoms with Crippen LogP contribution in [0.3, 0.4) is 0 Å². The van der Waals surface area contributed by atoms with Gasteiger partial charge in [0, 0.05) is 20.1 Å². The largest absolute Gasteiger partial charge is 0.467 e. The summed E-state index contributed by atoms with van der Waals surface area (Å²) in [7, 11) is -1.19. The molecule has 1 aromatic carbocycles. The number of nitrogens with zero attached hydrogens (tertiary/aromatic N) is 2. The van der Waals surface area contributed by atoms with Gasteiger partial charge in [-0.2, -0.15) is 4.31 Å². The highest BCUT2D eigenvalue weighted by atomic mass is 32.2. The second kappa shape index (κ2) is 10.6. The summed E-state index contributed by atoms with van der Waals surface area (Å²) >= 11 is 0. The highest BCUT2D eigenvalue weighted by Crippen LogP contribution is 2.27. The topological polar surface area (TPSA) is 123 Å². The Morgan fingerprint density at radius 2 is 1.82 bits per heavy atom. The third kappa shape index (κ3) is 5.79. The van der Waals surface area contributed by atoms with Crippen LogP contribution in [0.25, 0.3) is 0 Å². The number of ether oxygens (including phenoxy) is 2. The molecule has 1 fully saturated rings. The summed E-state index contributed by atoms with van der Waals surface area (Å²) < 4.78 is 42.4. The molecule has 0 unspecified atom stereocenters. The summed E-state index contributed by atoms with van der Waals surface area (Å²) in [5.41, 5.74) is -0.0429. The molecule has 0 saturated carbocycles. The number of piperidine rings is 1. The van der Waals surface area contributed by atoms with E-state index in [9.17, 15) is 22.8 Å². The zero-order valence-electron chi connectivity index (χ0n) is 18.4. The van der Waals surface area contributed by atoms with E-state index >= 15 is 0 Å². The number of sulfonamides is 1. The molecule has 1 saturated heterocycles. The van der Waals surface area contributed by atoms with Gasteiger partial charge in [-0.15, -0.1) is 0 Å². The molecule has 0 atom stereocenters. The predicted octanol–water partition coefficient (Wildman–Crippen LogP) is 1.67. The normalized spacial score (nSPS) is 15.1. The van der Waals surface area contributed by atoms with Crippen molar-refractivity contribution in [2.75, 3.05) is 33.9 Å². The third-order valence-electron chi connectivity index (χ3n) is 5.43. The molecule has 0 bridgehead atoms. The number of furan rings is 1. The van der Waals surface area contributed by atoms with Gasteiger partial charge in [0.2, 0.25) is 10.0 Å². The van der Waals surface area contributed by atoms with Gasteiger partial charge in [-0.3, -0.25) is 9.59 Å². The van der Waals surface area contributed by atoms with E-state index in [4.69, 9.17) is 9.15 Å². The minimum atomic E-state index is -3.95. The van der Waals surface area contributed by atoms with Gasteiger partial charge in [-0.1, -0.05) is 12.1 Å². The van der Waals surface area contributed by atoms with Gasteiger partial charge in [0.05, 0.1) is 36.3 Å². The number of hydrogen-bond donors (Lipinski definition) is 0. The van der Waals surface area contributed by atoms with Crippen molar-refractivity contribution in [3.63, 3.8) is 0 Å². The van der Waals surface area contributed by atoms with Gasteiger partial charge in [-0.05, 0) is 37.1 Å². The maximum absolute atomic E-state index is 13.1. The first-order chi connectivity index (χ1) is 15.7. The van der Waals surface area contributed by atoms with Crippen LogP contribution in [0.1, 0.15) is 29.0 Å². The predicted molar refractivity (Wildman–Crippen MR) is 115 cm³/mol. The summed E-state index contributed by atoms with van der Waals surface area (Å²) in [5.74, 6) is -1.56. The van der Waals surface area contributed by atoms with E-state index in [0.29, 0.717) is 5.76 Å². The van der Waals surface area contributed by atoms with Gasteiger partial charge in [0.25, 0.3) is 5.91 Å². The smallest absolute Gasteiger partial charge is 0.339 e. The van der Waals surface area contributed by atoms with E-state index < -0.39 is 34.5 Å². The van der Waals surface area contributed by atoms with Crippen LogP contribution in [0.5, 0.6) is 0 Å². The lowest BCUT2D eigenvalue weighted by Crippen LogP contribution is -2.41. The van der Waals surface area contributed by atoms with Crippen molar-refractivity contribution >= 4 is 27.9 Å². The van der Waals surface area contributed by atoms with Crippen molar-refractivity contribution in [2.24, 2.45) is 5.92 Å². The van der Waals surface area contributed by atoms with E-state index in [1.807, 2.05) is 0 Å². The molecule has 11 heteroatoms. The zero-order chi connectivity index (χ0) is 24.0. The van der Waals surface area contributed by atoms with Crippen molar-refractivity contribution in [1.82, 2.24) is 9.21 Å². The molecule has 1 aliphatic rings. The first-order valence-corrected chi connectivity index (χ1v) is 11.8. The molecule has 0 radical (unpaired) electrons. The second-order valence-electron chi connectivity index (χ2n) is 7.60. The number of methoxy groups -OCH3 is 1. The summed E-state index contributed by atoms with van der Waals surface area (Å²) in [6, 6.07) is 9.29. The molecule has 3 rings (SSSR count). The Morgan fingerprint density at radius 3 is 2.45 bits per heavy atom. The zero-order valence-corrected chi connectivity index (χ0v) is 19.2. The van der Waals surface area contributed by atoms with Gasteiger partial charge in [-0.25, -0.2) is 13.2 Å². The fourth-order valence-corrected chi connectivity index (χ4v) is 5.18. The number of benzene rings is 1. The third-order valence-corrected chi connectivity index (χ3v) is 7.39. The first-order valence-electron chi connectivity index (χ1n) is 10.3. The Hall–Kier alpha value is -3.18. The lowest BCUT2D eigenvalue weighted by Gasteiger charge is -2.30. The first kappa shape index (κ1) is 24.5. The Morgan fingerprint density at radius 1 is 1.12 bits per heavy atom. The monoisotopic (exact) mass is 478 g/mol. The Kier molecular flexibility index (Phi) is 7.88. The summed E-state index contributed by atoms with van der Waals surface area (Å²) in [6.07, 6.45) is 2.00.